The second kappa shape index (κ2) is 12.1. The topological polar surface area (TPSA) is 160 Å². The van der Waals surface area contributed by atoms with Crippen LogP contribution in [-0.2, 0) is 9.47 Å². The Bertz CT molecular complexity index is 1100. The minimum atomic E-state index is -1.53. The Balaban J connectivity index is 1.52. The maximum Gasteiger partial charge on any atom is 0.186 e. The van der Waals surface area contributed by atoms with Crippen molar-refractivity contribution in [2.24, 2.45) is 45.3 Å². The predicted molar refractivity (Wildman–Crippen MR) is 170 cm³/mol. The van der Waals surface area contributed by atoms with Gasteiger partial charge in [-0.05, 0) is 117 Å². The van der Waals surface area contributed by atoms with Gasteiger partial charge >= 0.3 is 0 Å². The van der Waals surface area contributed by atoms with Gasteiger partial charge in [0, 0.05) is 0 Å². The van der Waals surface area contributed by atoms with Crippen LogP contribution in [0.3, 0.4) is 0 Å². The molecule has 10 unspecified atom stereocenters. The largest absolute Gasteiger partial charge is 0.394 e. The predicted octanol–water partition coefficient (Wildman–Crippen LogP) is 3.30. The molecule has 7 N–H and O–H groups in total. The van der Waals surface area contributed by atoms with Crippen LogP contribution >= 0.6 is 0 Å². The Kier molecular flexibility index (Phi) is 9.56. The number of hydrogen-bond donors (Lipinski definition) is 7. The van der Waals surface area contributed by atoms with Crippen molar-refractivity contribution in [1.29, 1.82) is 0 Å². The van der Waals surface area contributed by atoms with Gasteiger partial charge in [-0.15, -0.1) is 0 Å². The zero-order chi connectivity index (χ0) is 33.5. The number of ether oxygens (including phenoxy) is 2. The van der Waals surface area contributed by atoms with E-state index in [-0.39, 0.29) is 39.9 Å². The lowest BCUT2D eigenvalue weighted by Crippen LogP contribution is -2.70. The molecule has 4 saturated carbocycles. The van der Waals surface area contributed by atoms with Crippen molar-refractivity contribution in [1.82, 2.24) is 0 Å². The van der Waals surface area contributed by atoms with Crippen LogP contribution in [0.15, 0.2) is 11.6 Å². The molecular formula is C36H62O9. The average Bonchev–Trinajstić information content (AvgIpc) is 3.32. The fraction of sp³-hybridized carbons (Fsp3) is 0.944. The van der Waals surface area contributed by atoms with Gasteiger partial charge in [0.25, 0.3) is 0 Å². The second-order valence-corrected chi connectivity index (χ2v) is 17.6. The molecule has 0 aromatic carbocycles. The van der Waals surface area contributed by atoms with E-state index in [2.05, 4.69) is 47.6 Å². The molecule has 5 aliphatic rings. The lowest BCUT2D eigenvalue weighted by molar-refractivity contribution is -0.346. The Morgan fingerprint density at radius 2 is 1.60 bits per heavy atom. The zero-order valence-corrected chi connectivity index (χ0v) is 28.8. The highest BCUT2D eigenvalue weighted by Gasteiger charge is 2.72. The highest BCUT2D eigenvalue weighted by atomic mass is 16.7. The van der Waals surface area contributed by atoms with Crippen molar-refractivity contribution < 1.29 is 45.2 Å². The normalized spacial score (nSPS) is 51.8. The summed E-state index contributed by atoms with van der Waals surface area (Å²) in [6.07, 6.45) is 0.140. The van der Waals surface area contributed by atoms with Crippen LogP contribution in [0.1, 0.15) is 107 Å². The fourth-order valence-electron chi connectivity index (χ4n) is 11.7. The molecule has 0 amide bonds. The Hall–Kier alpha value is -0.620. The van der Waals surface area contributed by atoms with Crippen LogP contribution in [0, 0.1) is 45.3 Å². The van der Waals surface area contributed by atoms with Gasteiger partial charge in [0.2, 0.25) is 0 Å². The Morgan fingerprint density at radius 1 is 0.933 bits per heavy atom. The summed E-state index contributed by atoms with van der Waals surface area (Å²) in [5.74, 6) is 0.343. The molecule has 9 heteroatoms. The van der Waals surface area contributed by atoms with Crippen LogP contribution in [-0.4, -0.2) is 97.0 Å². The van der Waals surface area contributed by atoms with Crippen molar-refractivity contribution in [3.05, 3.63) is 11.6 Å². The first kappa shape index (κ1) is 35.7. The summed E-state index contributed by atoms with van der Waals surface area (Å²) in [7, 11) is 0. The molecule has 9 nitrogen and oxygen atoms in total. The molecule has 1 saturated heterocycles. The molecule has 0 radical (unpaired) electrons. The van der Waals surface area contributed by atoms with E-state index in [1.165, 1.54) is 5.57 Å². The lowest BCUT2D eigenvalue weighted by Gasteiger charge is -2.72. The van der Waals surface area contributed by atoms with Crippen LogP contribution in [0.4, 0.5) is 0 Å². The van der Waals surface area contributed by atoms with Crippen molar-refractivity contribution in [3.8, 4) is 0 Å². The van der Waals surface area contributed by atoms with Gasteiger partial charge in [-0.1, -0.05) is 46.3 Å². The quantitative estimate of drug-likeness (QED) is 0.164. The smallest absolute Gasteiger partial charge is 0.186 e. The van der Waals surface area contributed by atoms with Gasteiger partial charge in [0.15, 0.2) is 6.29 Å². The maximum absolute atomic E-state index is 12.1. The minimum absolute atomic E-state index is 0.0624. The third-order valence-corrected chi connectivity index (χ3v) is 14.2. The minimum Gasteiger partial charge on any atom is -0.394 e. The molecule has 260 valence electrons. The van der Waals surface area contributed by atoms with Crippen LogP contribution in [0.2, 0.25) is 0 Å². The molecule has 0 aromatic heterocycles. The molecule has 4 aliphatic carbocycles. The van der Waals surface area contributed by atoms with E-state index in [4.69, 9.17) is 9.47 Å². The summed E-state index contributed by atoms with van der Waals surface area (Å²) < 4.78 is 12.6. The van der Waals surface area contributed by atoms with Crippen LogP contribution < -0.4 is 0 Å². The van der Waals surface area contributed by atoms with Gasteiger partial charge in [0.1, 0.15) is 24.4 Å². The van der Waals surface area contributed by atoms with Gasteiger partial charge < -0.3 is 45.2 Å². The van der Waals surface area contributed by atoms with E-state index >= 15 is 0 Å². The standard InChI is InChI=1S/C36H62O9/c1-19(10-9-13-32(2,3)43)20-11-15-35(7)26(20)21(38)16-24-34(6)14-12-25(39)33(4,5)30(34)22(17-36(24,35)8)44-31-29(42)28(41)27(40)23(18-37)45-31/h10,20-31,37-43H,9,11-18H2,1-8H3/b19-10-/t20?,21?,22?,23-,24?,25?,26?,27-,28-,29-,30?,31-,34?,35?,36?/m1/s1. The van der Waals surface area contributed by atoms with Gasteiger partial charge in [-0.2, -0.15) is 0 Å². The first-order chi connectivity index (χ1) is 20.7. The average molecular weight is 639 g/mol. The maximum atomic E-state index is 12.1. The number of allylic oxidation sites excluding steroid dienone is 2. The first-order valence-corrected chi connectivity index (χ1v) is 17.4. The van der Waals surface area contributed by atoms with Crippen molar-refractivity contribution in [2.75, 3.05) is 6.61 Å². The molecular weight excluding hydrogens is 576 g/mol. The van der Waals surface area contributed by atoms with E-state index in [0.717, 1.165) is 25.7 Å². The summed E-state index contributed by atoms with van der Waals surface area (Å²) in [6.45, 7) is 16.5. The number of aliphatic hydroxyl groups is 7. The Labute approximate surface area is 270 Å². The molecule has 0 aromatic rings. The van der Waals surface area contributed by atoms with Crippen molar-refractivity contribution in [2.45, 2.75) is 161 Å². The van der Waals surface area contributed by atoms with Crippen molar-refractivity contribution in [3.63, 3.8) is 0 Å². The first-order valence-electron chi connectivity index (χ1n) is 17.4. The fourth-order valence-corrected chi connectivity index (χ4v) is 11.7. The molecule has 0 bridgehead atoms. The third kappa shape index (κ3) is 5.68. The van der Waals surface area contributed by atoms with E-state index in [1.807, 2.05) is 13.8 Å². The van der Waals surface area contributed by atoms with Crippen molar-refractivity contribution >= 4 is 0 Å². The van der Waals surface area contributed by atoms with E-state index in [1.54, 1.807) is 0 Å². The summed E-state index contributed by atoms with van der Waals surface area (Å²) in [5, 5.41) is 75.5. The molecule has 0 spiro atoms. The highest BCUT2D eigenvalue weighted by molar-refractivity contribution is 5.24. The van der Waals surface area contributed by atoms with E-state index in [0.29, 0.717) is 25.7 Å². The summed E-state index contributed by atoms with van der Waals surface area (Å²) >= 11 is 0. The molecule has 5 rings (SSSR count). The Morgan fingerprint density at radius 3 is 2.22 bits per heavy atom. The number of fused-ring (bicyclic) bond motifs is 5. The summed E-state index contributed by atoms with van der Waals surface area (Å²) in [5.41, 5.74) is -0.729. The highest BCUT2D eigenvalue weighted by Crippen LogP contribution is 2.76. The SMILES string of the molecule is C/C(=C/CCC(C)(C)O)C1CCC2(C)C1C(O)CC1C3(C)CCC(O)C(C)(C)C3C(O[C@@H]3O[C@H](CO)[C@@H](O)[C@@H](O)[C@H]3O)CC12C. The van der Waals surface area contributed by atoms with Gasteiger partial charge in [0.05, 0.1) is 30.5 Å². The van der Waals surface area contributed by atoms with Gasteiger partial charge in [-0.25, -0.2) is 0 Å². The molecule has 15 atom stereocenters. The van der Waals surface area contributed by atoms with Crippen LogP contribution in [0.25, 0.3) is 0 Å². The number of rotatable bonds is 7. The lowest BCUT2D eigenvalue weighted by atomic mass is 9.34. The zero-order valence-electron chi connectivity index (χ0n) is 28.8. The molecule has 45 heavy (non-hydrogen) atoms. The monoisotopic (exact) mass is 638 g/mol. The number of hydrogen-bond acceptors (Lipinski definition) is 9. The summed E-state index contributed by atoms with van der Waals surface area (Å²) in [4.78, 5) is 0. The van der Waals surface area contributed by atoms with E-state index < -0.39 is 66.6 Å². The summed E-state index contributed by atoms with van der Waals surface area (Å²) in [6, 6.07) is 0. The van der Waals surface area contributed by atoms with Crippen LogP contribution in [0.5, 0.6) is 0 Å². The molecule has 1 aliphatic heterocycles. The third-order valence-electron chi connectivity index (χ3n) is 14.2. The molecule has 1 heterocycles. The number of aliphatic hydroxyl groups excluding tert-OH is 6. The van der Waals surface area contributed by atoms with Gasteiger partial charge in [-0.3, -0.25) is 0 Å². The van der Waals surface area contributed by atoms with E-state index in [9.17, 15) is 35.7 Å². The molecule has 5 fully saturated rings. The second-order valence-electron chi connectivity index (χ2n) is 17.6.